The number of nitrogens with one attached hydrogen (secondary N) is 2. The van der Waals surface area contributed by atoms with Gasteiger partial charge in [0.25, 0.3) is 0 Å². The van der Waals surface area contributed by atoms with Gasteiger partial charge in [-0.05, 0) is 35.9 Å². The lowest BCUT2D eigenvalue weighted by molar-refractivity contribution is -0.115. The molecule has 0 aliphatic carbocycles. The molecule has 10 heteroatoms. The number of carbonyl (C=O) groups is 2. The van der Waals surface area contributed by atoms with Crippen LogP contribution in [0.1, 0.15) is 5.56 Å². The normalized spacial score (nSPS) is 16.7. The molecule has 0 spiro atoms. The largest absolute Gasteiger partial charge is 0.495 e. The molecule has 3 amide bonds. The topological polar surface area (TPSA) is 108 Å². The lowest BCUT2D eigenvalue weighted by Gasteiger charge is -2.34. The van der Waals surface area contributed by atoms with Crippen LogP contribution in [0.5, 0.6) is 5.75 Å². The zero-order valence-corrected chi connectivity index (χ0v) is 17.2. The number of rotatable bonds is 4. The number of para-hydroxylation sites is 2. The monoisotopic (exact) mass is 430 g/mol. The number of sulfonamides is 1. The Morgan fingerprint density at radius 3 is 2.57 bits per heavy atom. The van der Waals surface area contributed by atoms with Crippen LogP contribution >= 0.6 is 0 Å². The van der Waals surface area contributed by atoms with E-state index in [0.717, 1.165) is 0 Å². The number of carbonyl (C=O) groups excluding carboxylic acids is 2. The predicted octanol–water partition coefficient (Wildman–Crippen LogP) is 1.73. The number of ether oxygens (including phenoxy) is 1. The van der Waals surface area contributed by atoms with E-state index in [1.165, 1.54) is 17.5 Å². The molecule has 0 radical (unpaired) electrons. The van der Waals surface area contributed by atoms with Gasteiger partial charge in [0, 0.05) is 31.9 Å². The van der Waals surface area contributed by atoms with Crippen LogP contribution in [0.4, 0.5) is 16.2 Å². The van der Waals surface area contributed by atoms with Gasteiger partial charge in [0.1, 0.15) is 5.75 Å². The summed E-state index contributed by atoms with van der Waals surface area (Å²) >= 11 is 0. The van der Waals surface area contributed by atoms with Gasteiger partial charge in [0.2, 0.25) is 15.9 Å². The van der Waals surface area contributed by atoms with Gasteiger partial charge in [-0.25, -0.2) is 13.2 Å². The highest BCUT2D eigenvalue weighted by Crippen LogP contribution is 2.28. The Labute approximate surface area is 174 Å². The van der Waals surface area contributed by atoms with Crippen molar-refractivity contribution in [1.29, 1.82) is 0 Å². The first-order chi connectivity index (χ1) is 14.4. The molecular formula is C20H22N4O5S. The van der Waals surface area contributed by atoms with Crippen LogP contribution in [0.3, 0.4) is 0 Å². The maximum Gasteiger partial charge on any atom is 0.322 e. The molecule has 2 heterocycles. The number of piperazine rings is 1. The summed E-state index contributed by atoms with van der Waals surface area (Å²) in [4.78, 5) is 25.8. The zero-order chi connectivity index (χ0) is 21.3. The smallest absolute Gasteiger partial charge is 0.322 e. The van der Waals surface area contributed by atoms with Gasteiger partial charge < -0.3 is 20.3 Å². The van der Waals surface area contributed by atoms with Crippen LogP contribution in [0.25, 0.3) is 0 Å². The highest BCUT2D eigenvalue weighted by atomic mass is 32.2. The van der Waals surface area contributed by atoms with E-state index in [1.807, 2.05) is 6.07 Å². The SMILES string of the molecule is COc1ccccc1NC(=O)N1CCN(S(=O)(=O)c2ccc3c(c2)CC(=O)N3)CC1. The first-order valence-corrected chi connectivity index (χ1v) is 10.9. The number of hydrogen-bond acceptors (Lipinski definition) is 5. The Morgan fingerprint density at radius 1 is 1.10 bits per heavy atom. The Kier molecular flexibility index (Phi) is 5.35. The van der Waals surface area contributed by atoms with Crippen molar-refractivity contribution in [2.24, 2.45) is 0 Å². The number of benzene rings is 2. The van der Waals surface area contributed by atoms with Crippen molar-refractivity contribution in [3.05, 3.63) is 48.0 Å². The second-order valence-electron chi connectivity index (χ2n) is 7.07. The van der Waals surface area contributed by atoms with E-state index in [0.29, 0.717) is 22.7 Å². The Hall–Kier alpha value is -3.11. The number of hydrogen-bond donors (Lipinski definition) is 2. The third-order valence-corrected chi connectivity index (χ3v) is 7.11. The van der Waals surface area contributed by atoms with Crippen molar-refractivity contribution in [2.75, 3.05) is 43.9 Å². The van der Waals surface area contributed by atoms with E-state index < -0.39 is 10.0 Å². The minimum atomic E-state index is -3.70. The molecule has 0 atom stereocenters. The van der Waals surface area contributed by atoms with Gasteiger partial charge in [0.15, 0.2) is 0 Å². The zero-order valence-electron chi connectivity index (χ0n) is 16.4. The van der Waals surface area contributed by atoms with Crippen molar-refractivity contribution in [2.45, 2.75) is 11.3 Å². The summed E-state index contributed by atoms with van der Waals surface area (Å²) in [5, 5.41) is 5.50. The quantitative estimate of drug-likeness (QED) is 0.768. The maximum absolute atomic E-state index is 13.0. The van der Waals surface area contributed by atoms with Crippen molar-refractivity contribution < 1.29 is 22.7 Å². The number of methoxy groups -OCH3 is 1. The summed E-state index contributed by atoms with van der Waals surface area (Å²) in [6.45, 7) is 0.919. The fourth-order valence-electron chi connectivity index (χ4n) is 3.59. The molecule has 2 N–H and O–H groups in total. The third kappa shape index (κ3) is 3.83. The average Bonchev–Trinajstić information content (AvgIpc) is 3.13. The molecule has 9 nitrogen and oxygen atoms in total. The summed E-state index contributed by atoms with van der Waals surface area (Å²) in [7, 11) is -2.18. The van der Waals surface area contributed by atoms with E-state index in [4.69, 9.17) is 4.74 Å². The standard InChI is InChI=1S/C20H22N4O5S/c1-29-18-5-3-2-4-17(18)22-20(26)23-8-10-24(11-9-23)30(27,28)15-6-7-16-14(12-15)13-19(25)21-16/h2-7,12H,8-11,13H2,1H3,(H,21,25)(H,22,26). The highest BCUT2D eigenvalue weighted by Gasteiger charge is 2.31. The first kappa shape index (κ1) is 20.2. The van der Waals surface area contributed by atoms with E-state index in [1.54, 1.807) is 35.2 Å². The van der Waals surface area contributed by atoms with Gasteiger partial charge >= 0.3 is 6.03 Å². The van der Waals surface area contributed by atoms with Crippen molar-refractivity contribution >= 4 is 33.3 Å². The minimum absolute atomic E-state index is 0.144. The van der Waals surface area contributed by atoms with E-state index in [9.17, 15) is 18.0 Å². The third-order valence-electron chi connectivity index (χ3n) is 5.21. The molecule has 2 aromatic rings. The molecule has 158 valence electrons. The molecule has 1 fully saturated rings. The number of anilines is 2. The second-order valence-corrected chi connectivity index (χ2v) is 9.00. The highest BCUT2D eigenvalue weighted by molar-refractivity contribution is 7.89. The second kappa shape index (κ2) is 7.96. The van der Waals surface area contributed by atoms with Crippen LogP contribution < -0.4 is 15.4 Å². The molecule has 0 saturated carbocycles. The van der Waals surface area contributed by atoms with E-state index in [-0.39, 0.29) is 49.4 Å². The van der Waals surface area contributed by atoms with Gasteiger partial charge in [-0.1, -0.05) is 12.1 Å². The van der Waals surface area contributed by atoms with Crippen LogP contribution in [-0.4, -0.2) is 62.9 Å². The van der Waals surface area contributed by atoms with Gasteiger partial charge in [0.05, 0.1) is 24.1 Å². The lowest BCUT2D eigenvalue weighted by atomic mass is 10.2. The fourth-order valence-corrected chi connectivity index (χ4v) is 5.06. The molecule has 1 saturated heterocycles. The van der Waals surface area contributed by atoms with Crippen molar-refractivity contribution in [3.8, 4) is 5.75 Å². The summed E-state index contributed by atoms with van der Waals surface area (Å²) in [6.07, 6.45) is 0.176. The van der Waals surface area contributed by atoms with E-state index in [2.05, 4.69) is 10.6 Å². The number of nitrogens with zero attached hydrogens (tertiary/aromatic N) is 2. The van der Waals surface area contributed by atoms with Crippen molar-refractivity contribution in [1.82, 2.24) is 9.21 Å². The molecule has 0 aromatic heterocycles. The molecule has 2 aliphatic heterocycles. The fraction of sp³-hybridized carbons (Fsp3) is 0.300. The van der Waals surface area contributed by atoms with Crippen LogP contribution in [0.2, 0.25) is 0 Å². The van der Waals surface area contributed by atoms with Crippen LogP contribution in [0.15, 0.2) is 47.4 Å². The molecule has 0 unspecified atom stereocenters. The molecule has 4 rings (SSSR count). The van der Waals surface area contributed by atoms with Crippen LogP contribution in [-0.2, 0) is 21.2 Å². The number of fused-ring (bicyclic) bond motifs is 1. The summed E-state index contributed by atoms with van der Waals surface area (Å²) in [5.41, 5.74) is 1.88. The molecule has 0 bridgehead atoms. The van der Waals surface area contributed by atoms with Gasteiger partial charge in [-0.2, -0.15) is 4.31 Å². The number of amides is 3. The molecular weight excluding hydrogens is 408 g/mol. The minimum Gasteiger partial charge on any atom is -0.495 e. The van der Waals surface area contributed by atoms with Crippen LogP contribution in [0, 0.1) is 0 Å². The predicted molar refractivity (Wildman–Crippen MR) is 111 cm³/mol. The molecule has 2 aliphatic rings. The Bertz CT molecular complexity index is 1090. The summed E-state index contributed by atoms with van der Waals surface area (Å²) in [5.74, 6) is 0.408. The number of urea groups is 1. The Morgan fingerprint density at radius 2 is 1.83 bits per heavy atom. The van der Waals surface area contributed by atoms with Crippen molar-refractivity contribution in [3.63, 3.8) is 0 Å². The summed E-state index contributed by atoms with van der Waals surface area (Å²) < 4.78 is 32.6. The van der Waals surface area contributed by atoms with Gasteiger partial charge in [-0.3, -0.25) is 4.79 Å². The van der Waals surface area contributed by atoms with E-state index >= 15 is 0 Å². The summed E-state index contributed by atoms with van der Waals surface area (Å²) in [6, 6.07) is 11.4. The lowest BCUT2D eigenvalue weighted by Crippen LogP contribution is -2.51. The average molecular weight is 430 g/mol. The maximum atomic E-state index is 13.0. The molecule has 2 aromatic carbocycles. The Balaban J connectivity index is 1.41. The first-order valence-electron chi connectivity index (χ1n) is 9.50. The van der Waals surface area contributed by atoms with Gasteiger partial charge in [-0.15, -0.1) is 0 Å². The molecule has 30 heavy (non-hydrogen) atoms.